The molecule has 3 atom stereocenters. The van der Waals surface area contributed by atoms with Crippen LogP contribution in [0.5, 0.6) is 0 Å². The summed E-state index contributed by atoms with van der Waals surface area (Å²) < 4.78 is 13.5. The number of aliphatic hydroxyl groups excluding tert-OH is 1. The van der Waals surface area contributed by atoms with Crippen molar-refractivity contribution in [2.75, 3.05) is 25.0 Å². The van der Waals surface area contributed by atoms with Gasteiger partial charge in [0.2, 0.25) is 5.91 Å². The van der Waals surface area contributed by atoms with Gasteiger partial charge in [-0.15, -0.1) is 0 Å². The summed E-state index contributed by atoms with van der Waals surface area (Å²) >= 11 is 0. The number of nitrogens with one attached hydrogen (secondary N) is 1. The SMILES string of the molecule is O=C(Nc1cccc(F)c1)N1CC(=O)N2[C@H](CO)[C@@H](c3ccc(-c4ccccc4)cc3)[C@H]2C1. The number of piperazine rings is 1. The first-order chi connectivity index (χ1) is 16.0. The quantitative estimate of drug-likeness (QED) is 0.643. The normalized spacial score (nSPS) is 21.9. The van der Waals surface area contributed by atoms with Crippen LogP contribution in [0, 0.1) is 5.82 Å². The minimum Gasteiger partial charge on any atom is -0.394 e. The van der Waals surface area contributed by atoms with Crippen LogP contribution in [-0.2, 0) is 4.79 Å². The Hall–Kier alpha value is -3.71. The monoisotopic (exact) mass is 445 g/mol. The fraction of sp³-hybridized carbons (Fsp3) is 0.231. The van der Waals surface area contributed by atoms with Gasteiger partial charge in [0.25, 0.3) is 0 Å². The molecule has 3 aromatic carbocycles. The lowest BCUT2D eigenvalue weighted by Crippen LogP contribution is -2.73. The molecular formula is C26H24FN3O3. The summed E-state index contributed by atoms with van der Waals surface area (Å²) in [5, 5.41) is 12.6. The summed E-state index contributed by atoms with van der Waals surface area (Å²) in [5.41, 5.74) is 3.57. The number of hydrogen-bond acceptors (Lipinski definition) is 3. The number of aliphatic hydroxyl groups is 1. The maximum absolute atomic E-state index is 13.5. The summed E-state index contributed by atoms with van der Waals surface area (Å²) in [5.74, 6) is -0.720. The highest BCUT2D eigenvalue weighted by atomic mass is 19.1. The first-order valence-corrected chi connectivity index (χ1v) is 10.9. The highest BCUT2D eigenvalue weighted by Crippen LogP contribution is 2.43. The van der Waals surface area contributed by atoms with E-state index < -0.39 is 11.8 Å². The van der Waals surface area contributed by atoms with Crippen LogP contribution in [0.4, 0.5) is 14.9 Å². The molecule has 2 N–H and O–H groups in total. The van der Waals surface area contributed by atoms with E-state index in [1.54, 1.807) is 11.0 Å². The average molecular weight is 445 g/mol. The van der Waals surface area contributed by atoms with Crippen molar-refractivity contribution in [2.24, 2.45) is 0 Å². The number of carbonyl (C=O) groups excluding carboxylic acids is 2. The van der Waals surface area contributed by atoms with Crippen LogP contribution < -0.4 is 5.32 Å². The van der Waals surface area contributed by atoms with E-state index in [-0.39, 0.29) is 37.1 Å². The van der Waals surface area contributed by atoms with Crippen LogP contribution in [0.2, 0.25) is 0 Å². The molecular weight excluding hydrogens is 421 g/mol. The fourth-order valence-corrected chi connectivity index (χ4v) is 4.95. The number of anilines is 1. The number of urea groups is 1. The smallest absolute Gasteiger partial charge is 0.322 e. The summed E-state index contributed by atoms with van der Waals surface area (Å²) in [6, 6.07) is 22.9. The first kappa shape index (κ1) is 21.2. The number of fused-ring (bicyclic) bond motifs is 1. The molecule has 2 saturated heterocycles. The Labute approximate surface area is 191 Å². The van der Waals surface area contributed by atoms with Gasteiger partial charge < -0.3 is 20.2 Å². The molecule has 3 aromatic rings. The Bertz CT molecular complexity index is 1170. The van der Waals surface area contributed by atoms with Crippen molar-refractivity contribution in [3.05, 3.63) is 90.2 Å². The molecule has 0 unspecified atom stereocenters. The van der Waals surface area contributed by atoms with E-state index in [9.17, 15) is 19.1 Å². The second kappa shape index (κ2) is 8.67. The van der Waals surface area contributed by atoms with Gasteiger partial charge >= 0.3 is 6.03 Å². The largest absolute Gasteiger partial charge is 0.394 e. The van der Waals surface area contributed by atoms with Crippen LogP contribution in [-0.4, -0.2) is 58.6 Å². The maximum atomic E-state index is 13.5. The topological polar surface area (TPSA) is 72.9 Å². The summed E-state index contributed by atoms with van der Waals surface area (Å²) in [7, 11) is 0. The number of halogens is 1. The number of rotatable bonds is 4. The number of amides is 3. The lowest BCUT2D eigenvalue weighted by Gasteiger charge is -2.58. The zero-order valence-corrected chi connectivity index (χ0v) is 17.9. The molecule has 6 nitrogen and oxygen atoms in total. The molecule has 0 spiro atoms. The molecule has 2 aliphatic heterocycles. The van der Waals surface area contributed by atoms with Gasteiger partial charge in [0.05, 0.1) is 18.7 Å². The van der Waals surface area contributed by atoms with Crippen molar-refractivity contribution >= 4 is 17.6 Å². The van der Waals surface area contributed by atoms with Crippen molar-refractivity contribution in [2.45, 2.75) is 18.0 Å². The molecule has 2 heterocycles. The second-order valence-corrected chi connectivity index (χ2v) is 8.45. The zero-order chi connectivity index (χ0) is 22.9. The molecule has 0 saturated carbocycles. The molecule has 168 valence electrons. The highest BCUT2D eigenvalue weighted by Gasteiger charge is 2.54. The molecule has 2 aliphatic rings. The Morgan fingerprint density at radius 1 is 1.00 bits per heavy atom. The predicted molar refractivity (Wildman–Crippen MR) is 123 cm³/mol. The Kier molecular flexibility index (Phi) is 5.56. The van der Waals surface area contributed by atoms with E-state index in [0.29, 0.717) is 12.2 Å². The highest BCUT2D eigenvalue weighted by molar-refractivity contribution is 5.93. The third-order valence-corrected chi connectivity index (χ3v) is 6.52. The lowest BCUT2D eigenvalue weighted by molar-refractivity contribution is -0.159. The third-order valence-electron chi connectivity index (χ3n) is 6.52. The predicted octanol–water partition coefficient (Wildman–Crippen LogP) is 3.70. The van der Waals surface area contributed by atoms with Gasteiger partial charge in [-0.3, -0.25) is 4.79 Å². The third kappa shape index (κ3) is 3.96. The van der Waals surface area contributed by atoms with E-state index >= 15 is 0 Å². The molecule has 0 aromatic heterocycles. The van der Waals surface area contributed by atoms with E-state index in [0.717, 1.165) is 16.7 Å². The van der Waals surface area contributed by atoms with E-state index in [1.165, 1.54) is 23.1 Å². The van der Waals surface area contributed by atoms with Crippen molar-refractivity contribution in [3.8, 4) is 11.1 Å². The van der Waals surface area contributed by atoms with Crippen LogP contribution in [0.15, 0.2) is 78.9 Å². The van der Waals surface area contributed by atoms with Crippen molar-refractivity contribution in [1.82, 2.24) is 9.80 Å². The van der Waals surface area contributed by atoms with Gasteiger partial charge in [-0.1, -0.05) is 60.7 Å². The molecule has 2 fully saturated rings. The lowest BCUT2D eigenvalue weighted by atomic mass is 9.73. The van der Waals surface area contributed by atoms with E-state index in [4.69, 9.17) is 0 Å². The molecule has 33 heavy (non-hydrogen) atoms. The van der Waals surface area contributed by atoms with Gasteiger partial charge in [0.15, 0.2) is 0 Å². The molecule has 0 bridgehead atoms. The Morgan fingerprint density at radius 3 is 2.42 bits per heavy atom. The van der Waals surface area contributed by atoms with Gasteiger partial charge in [0, 0.05) is 18.2 Å². The summed E-state index contributed by atoms with van der Waals surface area (Å²) in [6.45, 7) is 0.130. The van der Waals surface area contributed by atoms with E-state index in [2.05, 4.69) is 5.32 Å². The number of hydrogen-bond donors (Lipinski definition) is 2. The molecule has 7 heteroatoms. The molecule has 3 amide bonds. The van der Waals surface area contributed by atoms with Gasteiger partial charge in [-0.25, -0.2) is 9.18 Å². The number of benzene rings is 3. The van der Waals surface area contributed by atoms with Crippen LogP contribution in [0.25, 0.3) is 11.1 Å². The van der Waals surface area contributed by atoms with Gasteiger partial charge in [0.1, 0.15) is 12.4 Å². The molecule has 0 aliphatic carbocycles. The first-order valence-electron chi connectivity index (χ1n) is 10.9. The maximum Gasteiger partial charge on any atom is 0.322 e. The second-order valence-electron chi connectivity index (χ2n) is 8.45. The minimum absolute atomic E-state index is 0.0754. The number of carbonyl (C=O) groups is 2. The Balaban J connectivity index is 1.34. The number of nitrogens with zero attached hydrogens (tertiary/aromatic N) is 2. The van der Waals surface area contributed by atoms with E-state index in [1.807, 2.05) is 54.6 Å². The Morgan fingerprint density at radius 2 is 1.73 bits per heavy atom. The van der Waals surface area contributed by atoms with Crippen LogP contribution >= 0.6 is 0 Å². The van der Waals surface area contributed by atoms with Crippen molar-refractivity contribution < 1.29 is 19.1 Å². The zero-order valence-electron chi connectivity index (χ0n) is 17.9. The summed E-state index contributed by atoms with van der Waals surface area (Å²) in [4.78, 5) is 28.7. The van der Waals surface area contributed by atoms with Gasteiger partial charge in [-0.05, 0) is 34.9 Å². The standard InChI is InChI=1S/C26H24FN3O3/c27-20-7-4-8-21(13-20)28-26(33)29-14-22-25(23(16-31)30(22)24(32)15-29)19-11-9-18(10-12-19)17-5-2-1-3-6-17/h1-13,22-23,25,31H,14-16H2,(H,28,33)/t22-,23-,25+/m1/s1. The van der Waals surface area contributed by atoms with Crippen molar-refractivity contribution in [1.29, 1.82) is 0 Å². The molecule has 5 rings (SSSR count). The molecule has 0 radical (unpaired) electrons. The average Bonchev–Trinajstić information content (AvgIpc) is 2.81. The fourth-order valence-electron chi connectivity index (χ4n) is 4.95. The van der Waals surface area contributed by atoms with Crippen LogP contribution in [0.3, 0.4) is 0 Å². The van der Waals surface area contributed by atoms with Crippen molar-refractivity contribution in [3.63, 3.8) is 0 Å². The van der Waals surface area contributed by atoms with Crippen LogP contribution in [0.1, 0.15) is 11.5 Å². The summed E-state index contributed by atoms with van der Waals surface area (Å²) in [6.07, 6.45) is 0. The minimum atomic E-state index is -0.447. The van der Waals surface area contributed by atoms with Gasteiger partial charge in [-0.2, -0.15) is 0 Å².